The van der Waals surface area contributed by atoms with Gasteiger partial charge in [0.1, 0.15) is 11.5 Å². The molecule has 1 aliphatic heterocycles. The van der Waals surface area contributed by atoms with Crippen LogP contribution in [-0.2, 0) is 4.74 Å². The molecule has 21 heavy (non-hydrogen) atoms. The molecule has 1 amide bonds. The second-order valence-corrected chi connectivity index (χ2v) is 4.73. The number of methoxy groups -OCH3 is 1. The first-order chi connectivity index (χ1) is 10.2. The van der Waals surface area contributed by atoms with Gasteiger partial charge in [-0.15, -0.1) is 0 Å². The van der Waals surface area contributed by atoms with Gasteiger partial charge in [-0.2, -0.15) is 0 Å². The van der Waals surface area contributed by atoms with Gasteiger partial charge in [0.2, 0.25) is 0 Å². The molecule has 0 N–H and O–H groups in total. The molecule has 0 aromatic heterocycles. The van der Waals surface area contributed by atoms with Gasteiger partial charge in [0.15, 0.2) is 0 Å². The standard InChI is InChI=1S/C17H15NO3/c1-18-15-11-13(20-2)8-9-14(15)16(21-17(18)19)10-12-6-4-3-5-7-12/h3-11H,1-2H3/b16-10-. The summed E-state index contributed by atoms with van der Waals surface area (Å²) in [6.45, 7) is 0. The Bertz CT molecular complexity index is 707. The van der Waals surface area contributed by atoms with Gasteiger partial charge in [-0.05, 0) is 23.8 Å². The Kier molecular flexibility index (Phi) is 3.36. The van der Waals surface area contributed by atoms with Gasteiger partial charge >= 0.3 is 6.09 Å². The van der Waals surface area contributed by atoms with E-state index in [9.17, 15) is 4.79 Å². The molecule has 3 rings (SSSR count). The van der Waals surface area contributed by atoms with Crippen LogP contribution in [0.5, 0.6) is 5.75 Å². The molecule has 0 radical (unpaired) electrons. The van der Waals surface area contributed by atoms with E-state index in [2.05, 4.69) is 0 Å². The van der Waals surface area contributed by atoms with Gasteiger partial charge in [0.25, 0.3) is 0 Å². The molecule has 0 saturated heterocycles. The molecular weight excluding hydrogens is 266 g/mol. The molecule has 4 nitrogen and oxygen atoms in total. The SMILES string of the molecule is COc1ccc2c(c1)N(C)C(=O)O/C2=C\c1ccccc1. The zero-order chi connectivity index (χ0) is 14.8. The molecule has 0 atom stereocenters. The summed E-state index contributed by atoms with van der Waals surface area (Å²) < 4.78 is 10.6. The predicted octanol–water partition coefficient (Wildman–Crippen LogP) is 3.78. The van der Waals surface area contributed by atoms with Gasteiger partial charge < -0.3 is 9.47 Å². The number of nitrogens with zero attached hydrogens (tertiary/aromatic N) is 1. The molecule has 0 unspecified atom stereocenters. The number of hydrogen-bond acceptors (Lipinski definition) is 3. The minimum absolute atomic E-state index is 0.405. The van der Waals surface area contributed by atoms with Gasteiger partial charge in [-0.25, -0.2) is 4.79 Å². The van der Waals surface area contributed by atoms with Crippen LogP contribution in [0.2, 0.25) is 0 Å². The molecule has 4 heteroatoms. The maximum atomic E-state index is 12.0. The average Bonchev–Trinajstić information content (AvgIpc) is 2.53. The second kappa shape index (κ2) is 5.32. The average molecular weight is 281 g/mol. The van der Waals surface area contributed by atoms with E-state index in [-0.39, 0.29) is 0 Å². The molecule has 0 spiro atoms. The van der Waals surface area contributed by atoms with Crippen LogP contribution in [0.1, 0.15) is 11.1 Å². The smallest absolute Gasteiger partial charge is 0.419 e. The summed E-state index contributed by atoms with van der Waals surface area (Å²) in [5.74, 6) is 1.25. The van der Waals surface area contributed by atoms with Crippen molar-refractivity contribution in [2.75, 3.05) is 19.1 Å². The minimum Gasteiger partial charge on any atom is -0.497 e. The number of amides is 1. The Labute approximate surface area is 123 Å². The number of fused-ring (bicyclic) bond motifs is 1. The van der Waals surface area contributed by atoms with Gasteiger partial charge in [0, 0.05) is 18.7 Å². The molecule has 2 aromatic rings. The van der Waals surface area contributed by atoms with Crippen molar-refractivity contribution in [2.24, 2.45) is 0 Å². The summed E-state index contributed by atoms with van der Waals surface area (Å²) in [6, 6.07) is 15.3. The van der Waals surface area contributed by atoms with E-state index in [0.717, 1.165) is 16.8 Å². The van der Waals surface area contributed by atoms with E-state index >= 15 is 0 Å². The fourth-order valence-electron chi connectivity index (χ4n) is 2.25. The number of benzene rings is 2. The molecule has 0 bridgehead atoms. The summed E-state index contributed by atoms with van der Waals surface area (Å²) >= 11 is 0. The number of rotatable bonds is 2. The largest absolute Gasteiger partial charge is 0.497 e. The van der Waals surface area contributed by atoms with Crippen LogP contribution in [0.4, 0.5) is 10.5 Å². The Morgan fingerprint density at radius 1 is 1.14 bits per heavy atom. The highest BCUT2D eigenvalue weighted by molar-refractivity contribution is 6.01. The third kappa shape index (κ3) is 2.48. The lowest BCUT2D eigenvalue weighted by molar-refractivity contribution is 0.199. The van der Waals surface area contributed by atoms with Crippen LogP contribution < -0.4 is 9.64 Å². The highest BCUT2D eigenvalue weighted by Crippen LogP contribution is 2.36. The molecule has 2 aromatic carbocycles. The van der Waals surface area contributed by atoms with Crippen molar-refractivity contribution in [3.63, 3.8) is 0 Å². The molecule has 0 saturated carbocycles. The van der Waals surface area contributed by atoms with Gasteiger partial charge in [0.05, 0.1) is 12.8 Å². The molecule has 1 heterocycles. The predicted molar refractivity (Wildman–Crippen MR) is 82.2 cm³/mol. The van der Waals surface area contributed by atoms with E-state index in [4.69, 9.17) is 9.47 Å². The Morgan fingerprint density at radius 2 is 1.90 bits per heavy atom. The third-order valence-corrected chi connectivity index (χ3v) is 3.40. The quantitative estimate of drug-likeness (QED) is 0.841. The first kappa shape index (κ1) is 13.2. The van der Waals surface area contributed by atoms with Crippen LogP contribution in [0.25, 0.3) is 11.8 Å². The fourth-order valence-corrected chi connectivity index (χ4v) is 2.25. The van der Waals surface area contributed by atoms with Gasteiger partial charge in [-0.3, -0.25) is 4.90 Å². The topological polar surface area (TPSA) is 38.8 Å². The maximum absolute atomic E-state index is 12.0. The van der Waals surface area contributed by atoms with E-state index in [1.165, 1.54) is 4.90 Å². The van der Waals surface area contributed by atoms with Crippen LogP contribution in [0.3, 0.4) is 0 Å². The van der Waals surface area contributed by atoms with Crippen molar-refractivity contribution < 1.29 is 14.3 Å². The Hall–Kier alpha value is -2.75. The number of anilines is 1. The summed E-state index contributed by atoms with van der Waals surface area (Å²) in [5, 5.41) is 0. The first-order valence-corrected chi connectivity index (χ1v) is 6.60. The summed E-state index contributed by atoms with van der Waals surface area (Å²) in [6.07, 6.45) is 1.45. The first-order valence-electron chi connectivity index (χ1n) is 6.60. The minimum atomic E-state index is -0.405. The summed E-state index contributed by atoms with van der Waals surface area (Å²) in [7, 11) is 3.28. The fraction of sp³-hybridized carbons (Fsp3) is 0.118. The van der Waals surface area contributed by atoms with Crippen molar-refractivity contribution >= 4 is 23.6 Å². The monoisotopic (exact) mass is 281 g/mol. The Morgan fingerprint density at radius 3 is 2.62 bits per heavy atom. The van der Waals surface area contributed by atoms with Crippen molar-refractivity contribution in [3.8, 4) is 5.75 Å². The van der Waals surface area contributed by atoms with Crippen molar-refractivity contribution in [1.82, 2.24) is 0 Å². The lowest BCUT2D eigenvalue weighted by Gasteiger charge is -2.27. The van der Waals surface area contributed by atoms with E-state index in [1.807, 2.05) is 54.6 Å². The van der Waals surface area contributed by atoms with Crippen molar-refractivity contribution in [2.45, 2.75) is 0 Å². The maximum Gasteiger partial charge on any atom is 0.419 e. The second-order valence-electron chi connectivity index (χ2n) is 4.73. The zero-order valence-corrected chi connectivity index (χ0v) is 11.9. The summed E-state index contributed by atoms with van der Waals surface area (Å²) in [4.78, 5) is 13.5. The number of ether oxygens (including phenoxy) is 2. The van der Waals surface area contributed by atoms with E-state index in [1.54, 1.807) is 14.2 Å². The molecular formula is C17H15NO3. The molecule has 106 valence electrons. The van der Waals surface area contributed by atoms with Crippen LogP contribution in [0.15, 0.2) is 48.5 Å². The number of carbonyl (C=O) groups excluding carboxylic acids is 1. The highest BCUT2D eigenvalue weighted by Gasteiger charge is 2.26. The molecule has 0 fully saturated rings. The number of cyclic esters (lactones) is 1. The lowest BCUT2D eigenvalue weighted by atomic mass is 10.1. The highest BCUT2D eigenvalue weighted by atomic mass is 16.6. The summed E-state index contributed by atoms with van der Waals surface area (Å²) in [5.41, 5.74) is 2.61. The van der Waals surface area contributed by atoms with Crippen LogP contribution >= 0.6 is 0 Å². The zero-order valence-electron chi connectivity index (χ0n) is 11.9. The lowest BCUT2D eigenvalue weighted by Crippen LogP contribution is -2.31. The van der Waals surface area contributed by atoms with Crippen molar-refractivity contribution in [1.29, 1.82) is 0 Å². The third-order valence-electron chi connectivity index (χ3n) is 3.40. The molecule has 1 aliphatic rings. The normalized spacial score (nSPS) is 15.6. The number of hydrogen-bond donors (Lipinski definition) is 0. The van der Waals surface area contributed by atoms with Crippen LogP contribution in [-0.4, -0.2) is 20.3 Å². The van der Waals surface area contributed by atoms with E-state index in [0.29, 0.717) is 11.5 Å². The number of carbonyl (C=O) groups is 1. The van der Waals surface area contributed by atoms with Gasteiger partial charge in [-0.1, -0.05) is 30.3 Å². The Balaban J connectivity index is 2.11. The van der Waals surface area contributed by atoms with Crippen LogP contribution in [0, 0.1) is 0 Å². The van der Waals surface area contributed by atoms with Crippen molar-refractivity contribution in [3.05, 3.63) is 59.7 Å². The van der Waals surface area contributed by atoms with E-state index < -0.39 is 6.09 Å². The molecule has 0 aliphatic carbocycles.